The first-order valence-electron chi connectivity index (χ1n) is 7.31. The number of aryl methyl sites for hydroxylation is 1. The van der Waals surface area contributed by atoms with Crippen LogP contribution in [0.3, 0.4) is 0 Å². The number of rotatable bonds is 6. The summed E-state index contributed by atoms with van der Waals surface area (Å²) in [6.07, 6.45) is 2.32. The van der Waals surface area contributed by atoms with E-state index in [2.05, 4.69) is 17.4 Å². The Morgan fingerprint density at radius 1 is 1.05 bits per heavy atom. The molecular formula is C18H22N2O. The Balaban J connectivity index is 1.75. The molecule has 0 aliphatic carbocycles. The Morgan fingerprint density at radius 2 is 1.71 bits per heavy atom. The van der Waals surface area contributed by atoms with Crippen LogP contribution in [0.2, 0.25) is 0 Å². The van der Waals surface area contributed by atoms with E-state index in [4.69, 9.17) is 5.73 Å². The van der Waals surface area contributed by atoms with Crippen molar-refractivity contribution in [2.75, 3.05) is 5.73 Å². The number of anilines is 1. The zero-order valence-corrected chi connectivity index (χ0v) is 12.4. The Labute approximate surface area is 126 Å². The summed E-state index contributed by atoms with van der Waals surface area (Å²) in [5.74, 6) is 0.0559. The maximum absolute atomic E-state index is 12.0. The van der Waals surface area contributed by atoms with E-state index in [9.17, 15) is 4.79 Å². The first kappa shape index (κ1) is 15.1. The molecular weight excluding hydrogens is 260 g/mol. The summed E-state index contributed by atoms with van der Waals surface area (Å²) in [7, 11) is 0. The fourth-order valence-electron chi connectivity index (χ4n) is 2.25. The van der Waals surface area contributed by atoms with Gasteiger partial charge in [-0.15, -0.1) is 0 Å². The standard InChI is InChI=1S/C18H22N2O/c1-14(7-8-15-5-3-2-4-6-15)20-18(21)13-16-9-11-17(19)12-10-16/h2-6,9-12,14H,7-8,13,19H2,1H3,(H,20,21). The molecule has 21 heavy (non-hydrogen) atoms. The van der Waals surface area contributed by atoms with E-state index in [1.54, 1.807) is 0 Å². The van der Waals surface area contributed by atoms with Gasteiger partial charge in [-0.2, -0.15) is 0 Å². The molecule has 1 atom stereocenters. The quantitative estimate of drug-likeness (QED) is 0.800. The Hall–Kier alpha value is -2.29. The molecule has 110 valence electrons. The second kappa shape index (κ2) is 7.48. The van der Waals surface area contributed by atoms with Crippen LogP contribution in [0.1, 0.15) is 24.5 Å². The highest BCUT2D eigenvalue weighted by Gasteiger charge is 2.08. The van der Waals surface area contributed by atoms with Crippen LogP contribution in [0.25, 0.3) is 0 Å². The van der Waals surface area contributed by atoms with Crippen LogP contribution in [0.15, 0.2) is 54.6 Å². The molecule has 0 heterocycles. The van der Waals surface area contributed by atoms with Crippen molar-refractivity contribution in [1.82, 2.24) is 5.32 Å². The van der Waals surface area contributed by atoms with Gasteiger partial charge in [-0.1, -0.05) is 42.5 Å². The Bertz CT molecular complexity index is 564. The summed E-state index contributed by atoms with van der Waals surface area (Å²) in [4.78, 5) is 12.0. The van der Waals surface area contributed by atoms with Crippen LogP contribution in [0, 0.1) is 0 Å². The number of carbonyl (C=O) groups excluding carboxylic acids is 1. The van der Waals surface area contributed by atoms with Gasteiger partial charge in [0.1, 0.15) is 0 Å². The van der Waals surface area contributed by atoms with Crippen molar-refractivity contribution in [1.29, 1.82) is 0 Å². The average Bonchev–Trinajstić information content (AvgIpc) is 2.48. The lowest BCUT2D eigenvalue weighted by Gasteiger charge is -2.14. The molecule has 0 bridgehead atoms. The highest BCUT2D eigenvalue weighted by molar-refractivity contribution is 5.78. The first-order chi connectivity index (χ1) is 10.1. The molecule has 2 aromatic rings. The van der Waals surface area contributed by atoms with Crippen molar-refractivity contribution in [2.45, 2.75) is 32.2 Å². The second-order valence-corrected chi connectivity index (χ2v) is 5.41. The van der Waals surface area contributed by atoms with Crippen molar-refractivity contribution in [2.24, 2.45) is 0 Å². The van der Waals surface area contributed by atoms with Gasteiger partial charge in [0, 0.05) is 11.7 Å². The van der Waals surface area contributed by atoms with E-state index < -0.39 is 0 Å². The minimum atomic E-state index is 0.0559. The molecule has 1 unspecified atom stereocenters. The molecule has 3 nitrogen and oxygen atoms in total. The van der Waals surface area contributed by atoms with Crippen LogP contribution in [0.5, 0.6) is 0 Å². The SMILES string of the molecule is CC(CCc1ccccc1)NC(=O)Cc1ccc(N)cc1. The topological polar surface area (TPSA) is 55.1 Å². The molecule has 0 aromatic heterocycles. The predicted octanol–water partition coefficient (Wildman–Crippen LogP) is 2.95. The molecule has 3 N–H and O–H groups in total. The summed E-state index contributed by atoms with van der Waals surface area (Å²) in [5, 5.41) is 3.04. The van der Waals surface area contributed by atoms with Gasteiger partial charge < -0.3 is 11.1 Å². The maximum atomic E-state index is 12.0. The van der Waals surface area contributed by atoms with Crippen LogP contribution >= 0.6 is 0 Å². The molecule has 0 saturated heterocycles. The summed E-state index contributed by atoms with van der Waals surface area (Å²) in [6.45, 7) is 2.05. The lowest BCUT2D eigenvalue weighted by Crippen LogP contribution is -2.34. The zero-order chi connectivity index (χ0) is 15.1. The van der Waals surface area contributed by atoms with Gasteiger partial charge >= 0.3 is 0 Å². The number of amides is 1. The van der Waals surface area contributed by atoms with Gasteiger partial charge in [0.2, 0.25) is 5.91 Å². The van der Waals surface area contributed by atoms with E-state index in [0.717, 1.165) is 24.1 Å². The van der Waals surface area contributed by atoms with E-state index >= 15 is 0 Å². The summed E-state index contributed by atoms with van der Waals surface area (Å²) in [6, 6.07) is 17.9. The van der Waals surface area contributed by atoms with Crippen LogP contribution in [0.4, 0.5) is 5.69 Å². The highest BCUT2D eigenvalue weighted by Crippen LogP contribution is 2.07. The Kier molecular flexibility index (Phi) is 5.38. The molecule has 2 rings (SSSR count). The van der Waals surface area contributed by atoms with E-state index in [0.29, 0.717) is 6.42 Å². The fourth-order valence-corrected chi connectivity index (χ4v) is 2.25. The largest absolute Gasteiger partial charge is 0.399 e. The van der Waals surface area contributed by atoms with Crippen molar-refractivity contribution >= 4 is 11.6 Å². The van der Waals surface area contributed by atoms with Crippen molar-refractivity contribution in [3.63, 3.8) is 0 Å². The third kappa shape index (κ3) is 5.30. The molecule has 1 amide bonds. The number of benzene rings is 2. The summed E-state index contributed by atoms with van der Waals surface area (Å²) >= 11 is 0. The number of nitrogens with one attached hydrogen (secondary N) is 1. The monoisotopic (exact) mass is 282 g/mol. The smallest absolute Gasteiger partial charge is 0.224 e. The predicted molar refractivity (Wildman–Crippen MR) is 86.9 cm³/mol. The van der Waals surface area contributed by atoms with E-state index in [1.807, 2.05) is 49.4 Å². The molecule has 0 radical (unpaired) electrons. The van der Waals surface area contributed by atoms with Crippen molar-refractivity contribution in [3.05, 3.63) is 65.7 Å². The van der Waals surface area contributed by atoms with Crippen LogP contribution in [-0.4, -0.2) is 11.9 Å². The minimum Gasteiger partial charge on any atom is -0.399 e. The second-order valence-electron chi connectivity index (χ2n) is 5.41. The third-order valence-electron chi connectivity index (χ3n) is 3.46. The van der Waals surface area contributed by atoms with Gasteiger partial charge in [-0.05, 0) is 43.0 Å². The first-order valence-corrected chi connectivity index (χ1v) is 7.31. The highest BCUT2D eigenvalue weighted by atomic mass is 16.1. The van der Waals surface area contributed by atoms with Gasteiger partial charge in [-0.25, -0.2) is 0 Å². The summed E-state index contributed by atoms with van der Waals surface area (Å²) in [5.41, 5.74) is 8.64. The summed E-state index contributed by atoms with van der Waals surface area (Å²) < 4.78 is 0. The molecule has 0 spiro atoms. The molecule has 0 aliphatic heterocycles. The lowest BCUT2D eigenvalue weighted by atomic mass is 10.1. The number of nitrogens with two attached hydrogens (primary N) is 1. The number of hydrogen-bond acceptors (Lipinski definition) is 2. The van der Waals surface area contributed by atoms with Gasteiger partial charge in [0.15, 0.2) is 0 Å². The molecule has 0 aliphatic rings. The Morgan fingerprint density at radius 3 is 2.38 bits per heavy atom. The number of nitrogen functional groups attached to an aromatic ring is 1. The van der Waals surface area contributed by atoms with Gasteiger partial charge in [0.25, 0.3) is 0 Å². The third-order valence-corrected chi connectivity index (χ3v) is 3.46. The van der Waals surface area contributed by atoms with E-state index in [1.165, 1.54) is 5.56 Å². The lowest BCUT2D eigenvalue weighted by molar-refractivity contribution is -0.121. The van der Waals surface area contributed by atoms with Crippen molar-refractivity contribution < 1.29 is 4.79 Å². The maximum Gasteiger partial charge on any atom is 0.224 e. The number of hydrogen-bond donors (Lipinski definition) is 2. The van der Waals surface area contributed by atoms with E-state index in [-0.39, 0.29) is 11.9 Å². The van der Waals surface area contributed by atoms with Gasteiger partial charge in [0.05, 0.1) is 6.42 Å². The van der Waals surface area contributed by atoms with Crippen molar-refractivity contribution in [3.8, 4) is 0 Å². The zero-order valence-electron chi connectivity index (χ0n) is 12.4. The van der Waals surface area contributed by atoms with Crippen LogP contribution in [-0.2, 0) is 17.6 Å². The van der Waals surface area contributed by atoms with Gasteiger partial charge in [-0.3, -0.25) is 4.79 Å². The molecule has 0 fully saturated rings. The molecule has 0 saturated carbocycles. The minimum absolute atomic E-state index is 0.0559. The average molecular weight is 282 g/mol. The number of carbonyl (C=O) groups is 1. The fraction of sp³-hybridized carbons (Fsp3) is 0.278. The molecule has 3 heteroatoms. The normalized spacial score (nSPS) is 11.9. The van der Waals surface area contributed by atoms with Crippen LogP contribution < -0.4 is 11.1 Å². The molecule has 2 aromatic carbocycles.